The number of benzene rings is 1. The van der Waals surface area contributed by atoms with Crippen LogP contribution in [0.4, 0.5) is 0 Å². The van der Waals surface area contributed by atoms with Gasteiger partial charge in [-0.05, 0) is 45.2 Å². The van der Waals surface area contributed by atoms with E-state index < -0.39 is 10.0 Å². The Bertz CT molecular complexity index is 675. The monoisotopic (exact) mass is 398 g/mol. The number of rotatable bonds is 12. The molecule has 0 atom stereocenters. The topological polar surface area (TPSA) is 91.8 Å². The van der Waals surface area contributed by atoms with E-state index in [9.17, 15) is 8.42 Å². The van der Waals surface area contributed by atoms with Gasteiger partial charge in [-0.25, -0.2) is 18.1 Å². The molecule has 0 aromatic heterocycles. The molecule has 0 bridgehead atoms. The summed E-state index contributed by atoms with van der Waals surface area (Å²) in [6, 6.07) is 7.39. The standard InChI is InChI=1S/C19H34N4O3S/c1-5-20-19(21-12-9-13-26-6-2)22-14-17-10-7-8-11-18(17)15-27(24,25)23-16(3)4/h7-8,10-11,16,23H,5-6,9,12-15H2,1-4H3,(H2,20,21,22). The molecule has 154 valence electrons. The molecular formula is C19H34N4O3S. The van der Waals surface area contributed by atoms with Crippen molar-refractivity contribution < 1.29 is 13.2 Å². The van der Waals surface area contributed by atoms with E-state index in [4.69, 9.17) is 4.74 Å². The minimum atomic E-state index is -3.37. The molecule has 0 saturated carbocycles. The second kappa shape index (κ2) is 12.7. The van der Waals surface area contributed by atoms with Gasteiger partial charge in [0.05, 0.1) is 12.3 Å². The van der Waals surface area contributed by atoms with E-state index >= 15 is 0 Å². The largest absolute Gasteiger partial charge is 0.382 e. The normalized spacial score (nSPS) is 12.4. The molecule has 7 nitrogen and oxygen atoms in total. The Hall–Kier alpha value is -1.64. The van der Waals surface area contributed by atoms with Crippen LogP contribution in [-0.4, -0.2) is 46.7 Å². The zero-order valence-corrected chi connectivity index (χ0v) is 17.7. The lowest BCUT2D eigenvalue weighted by Gasteiger charge is -2.13. The second-order valence-electron chi connectivity index (χ2n) is 6.47. The quantitative estimate of drug-likeness (QED) is 0.285. The molecule has 1 aromatic carbocycles. The van der Waals surface area contributed by atoms with Gasteiger partial charge in [0.25, 0.3) is 0 Å². The summed E-state index contributed by atoms with van der Waals surface area (Å²) in [7, 11) is -3.37. The maximum absolute atomic E-state index is 12.2. The van der Waals surface area contributed by atoms with Crippen molar-refractivity contribution in [2.75, 3.05) is 26.3 Å². The average Bonchev–Trinajstić information content (AvgIpc) is 2.59. The first-order chi connectivity index (χ1) is 12.9. The molecule has 1 rings (SSSR count). The number of guanidine groups is 1. The van der Waals surface area contributed by atoms with Gasteiger partial charge >= 0.3 is 0 Å². The number of hydrogen-bond donors (Lipinski definition) is 3. The molecule has 0 saturated heterocycles. The van der Waals surface area contributed by atoms with Gasteiger partial charge in [0, 0.05) is 32.3 Å². The third kappa shape index (κ3) is 10.3. The van der Waals surface area contributed by atoms with Crippen LogP contribution in [0.1, 0.15) is 45.2 Å². The summed E-state index contributed by atoms with van der Waals surface area (Å²) in [6.07, 6.45) is 0.897. The number of nitrogens with zero attached hydrogens (tertiary/aromatic N) is 1. The number of ether oxygens (including phenoxy) is 1. The van der Waals surface area contributed by atoms with Crippen molar-refractivity contribution in [2.45, 2.75) is 52.5 Å². The molecule has 0 aliphatic heterocycles. The van der Waals surface area contributed by atoms with E-state index in [2.05, 4.69) is 20.3 Å². The molecule has 0 aliphatic rings. The van der Waals surface area contributed by atoms with Crippen LogP contribution in [0.2, 0.25) is 0 Å². The van der Waals surface area contributed by atoms with Crippen LogP contribution in [0.3, 0.4) is 0 Å². The zero-order valence-electron chi connectivity index (χ0n) is 16.9. The first-order valence-electron chi connectivity index (χ1n) is 9.54. The smallest absolute Gasteiger partial charge is 0.216 e. The van der Waals surface area contributed by atoms with Crippen molar-refractivity contribution in [3.8, 4) is 0 Å². The molecule has 0 radical (unpaired) electrons. The van der Waals surface area contributed by atoms with E-state index in [1.807, 2.05) is 52.0 Å². The highest BCUT2D eigenvalue weighted by atomic mass is 32.2. The Morgan fingerprint density at radius 1 is 1.15 bits per heavy atom. The van der Waals surface area contributed by atoms with E-state index in [0.717, 1.165) is 37.2 Å². The Morgan fingerprint density at radius 3 is 2.48 bits per heavy atom. The highest BCUT2D eigenvalue weighted by Crippen LogP contribution is 2.13. The molecule has 1 aromatic rings. The third-order valence-electron chi connectivity index (χ3n) is 3.59. The Kier molecular flexibility index (Phi) is 11.0. The van der Waals surface area contributed by atoms with Gasteiger partial charge in [-0.2, -0.15) is 0 Å². The Labute approximate surface area is 164 Å². The molecule has 0 unspecified atom stereocenters. The predicted molar refractivity (Wildman–Crippen MR) is 111 cm³/mol. The number of sulfonamides is 1. The number of nitrogens with one attached hydrogen (secondary N) is 3. The first-order valence-corrected chi connectivity index (χ1v) is 11.2. The highest BCUT2D eigenvalue weighted by Gasteiger charge is 2.15. The fourth-order valence-corrected chi connectivity index (χ4v) is 3.98. The van der Waals surface area contributed by atoms with Gasteiger partial charge in [0.2, 0.25) is 10.0 Å². The molecule has 8 heteroatoms. The Morgan fingerprint density at radius 2 is 1.85 bits per heavy atom. The van der Waals surface area contributed by atoms with Gasteiger partial charge < -0.3 is 15.4 Å². The van der Waals surface area contributed by atoms with E-state index in [0.29, 0.717) is 19.1 Å². The van der Waals surface area contributed by atoms with Gasteiger partial charge in [0.15, 0.2) is 5.96 Å². The average molecular weight is 399 g/mol. The van der Waals surface area contributed by atoms with Crippen molar-refractivity contribution in [1.29, 1.82) is 0 Å². The minimum Gasteiger partial charge on any atom is -0.382 e. The zero-order chi connectivity index (χ0) is 20.1. The number of aliphatic imine (C=N–C) groups is 1. The van der Waals surface area contributed by atoms with Crippen molar-refractivity contribution in [2.24, 2.45) is 4.99 Å². The summed E-state index contributed by atoms with van der Waals surface area (Å²) in [4.78, 5) is 4.59. The fourth-order valence-electron chi connectivity index (χ4n) is 2.49. The van der Waals surface area contributed by atoms with Crippen molar-refractivity contribution in [3.05, 3.63) is 35.4 Å². The molecule has 0 fully saturated rings. The second-order valence-corrected chi connectivity index (χ2v) is 8.23. The van der Waals surface area contributed by atoms with Crippen LogP contribution >= 0.6 is 0 Å². The predicted octanol–water partition coefficient (Wildman–Crippen LogP) is 2.00. The summed E-state index contributed by atoms with van der Waals surface area (Å²) in [5.74, 6) is 0.668. The van der Waals surface area contributed by atoms with Crippen LogP contribution in [0.15, 0.2) is 29.3 Å². The van der Waals surface area contributed by atoms with E-state index in [1.165, 1.54) is 0 Å². The lowest BCUT2D eigenvalue weighted by atomic mass is 10.1. The van der Waals surface area contributed by atoms with Crippen LogP contribution in [0.25, 0.3) is 0 Å². The minimum absolute atomic E-state index is 0.0464. The van der Waals surface area contributed by atoms with Crippen molar-refractivity contribution >= 4 is 16.0 Å². The van der Waals surface area contributed by atoms with Gasteiger partial charge in [-0.3, -0.25) is 0 Å². The molecular weight excluding hydrogens is 364 g/mol. The first kappa shape index (κ1) is 23.4. The maximum Gasteiger partial charge on any atom is 0.216 e. The third-order valence-corrected chi connectivity index (χ3v) is 5.11. The summed E-state index contributed by atoms with van der Waals surface area (Å²) in [5.41, 5.74) is 1.67. The Balaban J connectivity index is 2.76. The maximum atomic E-state index is 12.2. The van der Waals surface area contributed by atoms with Gasteiger partial charge in [-0.15, -0.1) is 0 Å². The molecule has 0 aliphatic carbocycles. The summed E-state index contributed by atoms with van der Waals surface area (Å²) < 4.78 is 32.5. The summed E-state index contributed by atoms with van der Waals surface area (Å²) >= 11 is 0. The lowest BCUT2D eigenvalue weighted by Crippen LogP contribution is -2.38. The van der Waals surface area contributed by atoms with Gasteiger partial charge in [-0.1, -0.05) is 24.3 Å². The van der Waals surface area contributed by atoms with Crippen LogP contribution in [0.5, 0.6) is 0 Å². The summed E-state index contributed by atoms with van der Waals surface area (Å²) in [5, 5.41) is 6.48. The molecule has 0 heterocycles. The van der Waals surface area contributed by atoms with Crippen molar-refractivity contribution in [1.82, 2.24) is 15.4 Å². The SMILES string of the molecule is CCNC(=NCc1ccccc1CS(=O)(=O)NC(C)C)NCCCOCC. The lowest BCUT2D eigenvalue weighted by molar-refractivity contribution is 0.145. The van der Waals surface area contributed by atoms with Crippen LogP contribution in [-0.2, 0) is 27.1 Å². The summed E-state index contributed by atoms with van der Waals surface area (Å²) in [6.45, 7) is 11.0. The molecule has 27 heavy (non-hydrogen) atoms. The van der Waals surface area contributed by atoms with Crippen molar-refractivity contribution in [3.63, 3.8) is 0 Å². The van der Waals surface area contributed by atoms with Crippen LogP contribution < -0.4 is 15.4 Å². The highest BCUT2D eigenvalue weighted by molar-refractivity contribution is 7.88. The molecule has 3 N–H and O–H groups in total. The van der Waals surface area contributed by atoms with E-state index in [1.54, 1.807) is 0 Å². The van der Waals surface area contributed by atoms with Gasteiger partial charge in [0.1, 0.15) is 0 Å². The van der Waals surface area contributed by atoms with Crippen LogP contribution in [0, 0.1) is 0 Å². The molecule has 0 amide bonds. The fraction of sp³-hybridized carbons (Fsp3) is 0.632. The van der Waals surface area contributed by atoms with E-state index in [-0.39, 0.29) is 11.8 Å². The number of hydrogen-bond acceptors (Lipinski definition) is 4. The molecule has 0 spiro atoms.